The van der Waals surface area contributed by atoms with Crippen molar-refractivity contribution in [2.45, 2.75) is 23.9 Å². The monoisotopic (exact) mass is 511 g/mol. The van der Waals surface area contributed by atoms with Gasteiger partial charge in [0, 0.05) is 44.0 Å². The summed E-state index contributed by atoms with van der Waals surface area (Å²) < 4.78 is 64.1. The Morgan fingerprint density at radius 3 is 2.25 bits per heavy atom. The molecule has 2 aromatic rings. The van der Waals surface area contributed by atoms with Crippen LogP contribution in [0.2, 0.25) is 5.02 Å². The van der Waals surface area contributed by atoms with Crippen LogP contribution in [0.25, 0.3) is 0 Å². The van der Waals surface area contributed by atoms with E-state index in [1.165, 1.54) is 33.5 Å². The number of piperazine rings is 1. The van der Waals surface area contributed by atoms with Crippen LogP contribution in [-0.4, -0.2) is 65.8 Å². The topological polar surface area (TPSA) is 113 Å². The van der Waals surface area contributed by atoms with E-state index in [4.69, 9.17) is 11.6 Å². The molecule has 0 atom stereocenters. The SMILES string of the molecule is O=C(CCC(=O)N1CCN(S(=O)(=O)c2ccc(Cl)cc2)CC1)Nc1nnc(C(F)(F)F)s1. The number of hydrogen-bond acceptors (Lipinski definition) is 7. The third-order valence-electron chi connectivity index (χ3n) is 4.52. The zero-order chi connectivity index (χ0) is 23.5. The first-order chi connectivity index (χ1) is 15.0. The maximum absolute atomic E-state index is 12.7. The van der Waals surface area contributed by atoms with Crippen LogP contribution in [0.3, 0.4) is 0 Å². The van der Waals surface area contributed by atoms with E-state index in [0.29, 0.717) is 5.02 Å². The van der Waals surface area contributed by atoms with Crippen LogP contribution in [0.4, 0.5) is 18.3 Å². The van der Waals surface area contributed by atoms with Gasteiger partial charge < -0.3 is 10.2 Å². The van der Waals surface area contributed by atoms with Crippen LogP contribution in [-0.2, 0) is 25.8 Å². The molecule has 1 aromatic carbocycles. The molecule has 0 bridgehead atoms. The Bertz CT molecular complexity index is 1080. The molecule has 32 heavy (non-hydrogen) atoms. The molecular formula is C17H17ClF3N5O4S2. The summed E-state index contributed by atoms with van der Waals surface area (Å²) in [6.07, 6.45) is -5.09. The highest BCUT2D eigenvalue weighted by molar-refractivity contribution is 7.89. The lowest BCUT2D eigenvalue weighted by Gasteiger charge is -2.34. The van der Waals surface area contributed by atoms with Gasteiger partial charge in [0.05, 0.1) is 4.90 Å². The first-order valence-corrected chi connectivity index (χ1v) is 11.8. The van der Waals surface area contributed by atoms with Gasteiger partial charge in [0.2, 0.25) is 32.0 Å². The Kier molecular flexibility index (Phi) is 7.37. The van der Waals surface area contributed by atoms with E-state index < -0.39 is 27.1 Å². The smallest absolute Gasteiger partial charge is 0.340 e. The van der Waals surface area contributed by atoms with Gasteiger partial charge in [-0.3, -0.25) is 9.59 Å². The zero-order valence-corrected chi connectivity index (χ0v) is 18.7. The Morgan fingerprint density at radius 1 is 1.06 bits per heavy atom. The molecular weight excluding hydrogens is 495 g/mol. The van der Waals surface area contributed by atoms with Crippen molar-refractivity contribution in [2.75, 3.05) is 31.5 Å². The standard InChI is InChI=1S/C17H17ClF3N5O4S2/c18-11-1-3-12(4-2-11)32(29,30)26-9-7-25(8-10-26)14(28)6-5-13(27)22-16-24-23-15(31-16)17(19,20)21/h1-4H,5-10H2,(H,22,24,27). The molecule has 1 N–H and O–H groups in total. The number of sulfonamides is 1. The number of anilines is 1. The predicted octanol–water partition coefficient (Wildman–Crippen LogP) is 2.46. The maximum atomic E-state index is 12.7. The maximum Gasteiger partial charge on any atom is 0.445 e. The summed E-state index contributed by atoms with van der Waals surface area (Å²) in [7, 11) is -3.72. The summed E-state index contributed by atoms with van der Waals surface area (Å²) in [6.45, 7) is 0.485. The van der Waals surface area contributed by atoms with E-state index in [2.05, 4.69) is 15.5 Å². The summed E-state index contributed by atoms with van der Waals surface area (Å²) in [6, 6.07) is 5.77. The average Bonchev–Trinajstić information content (AvgIpc) is 3.21. The highest BCUT2D eigenvalue weighted by Gasteiger charge is 2.36. The molecule has 2 amide bonds. The summed E-state index contributed by atoms with van der Waals surface area (Å²) in [5.74, 6) is -1.04. The third kappa shape index (κ3) is 5.94. The van der Waals surface area contributed by atoms with Gasteiger partial charge >= 0.3 is 6.18 Å². The molecule has 15 heteroatoms. The van der Waals surface area contributed by atoms with Crippen LogP contribution >= 0.6 is 22.9 Å². The van der Waals surface area contributed by atoms with Crippen LogP contribution < -0.4 is 5.32 Å². The minimum Gasteiger partial charge on any atom is -0.340 e. The van der Waals surface area contributed by atoms with Crippen molar-refractivity contribution in [1.82, 2.24) is 19.4 Å². The summed E-state index contributed by atoms with van der Waals surface area (Å²) >= 11 is 5.97. The fourth-order valence-electron chi connectivity index (χ4n) is 2.88. The highest BCUT2D eigenvalue weighted by Crippen LogP contribution is 2.33. The molecule has 1 aliphatic rings. The fraction of sp³-hybridized carbons (Fsp3) is 0.412. The van der Waals surface area contributed by atoms with Crippen molar-refractivity contribution in [2.24, 2.45) is 0 Å². The largest absolute Gasteiger partial charge is 0.445 e. The molecule has 3 rings (SSSR count). The molecule has 1 aromatic heterocycles. The molecule has 0 unspecified atom stereocenters. The molecule has 1 saturated heterocycles. The fourth-order valence-corrected chi connectivity index (χ4v) is 5.06. The third-order valence-corrected chi connectivity index (χ3v) is 7.57. The van der Waals surface area contributed by atoms with E-state index in [9.17, 15) is 31.2 Å². The number of benzene rings is 1. The van der Waals surface area contributed by atoms with Crippen LogP contribution in [0, 0.1) is 0 Å². The predicted molar refractivity (Wildman–Crippen MR) is 110 cm³/mol. The number of hydrogen-bond donors (Lipinski definition) is 1. The van der Waals surface area contributed by atoms with Crippen molar-refractivity contribution in [3.63, 3.8) is 0 Å². The van der Waals surface area contributed by atoms with Crippen molar-refractivity contribution < 1.29 is 31.2 Å². The number of nitrogens with zero attached hydrogens (tertiary/aromatic N) is 4. The summed E-state index contributed by atoms with van der Waals surface area (Å²) in [5, 5.41) is 7.31. The van der Waals surface area contributed by atoms with E-state index in [1.54, 1.807) is 0 Å². The van der Waals surface area contributed by atoms with Gasteiger partial charge in [-0.15, -0.1) is 10.2 Å². The van der Waals surface area contributed by atoms with Gasteiger partial charge in [0.1, 0.15) is 0 Å². The van der Waals surface area contributed by atoms with E-state index in [0.717, 1.165) is 0 Å². The van der Waals surface area contributed by atoms with Crippen molar-refractivity contribution in [1.29, 1.82) is 0 Å². The minimum atomic E-state index is -4.65. The van der Waals surface area contributed by atoms with Crippen molar-refractivity contribution in [3.8, 4) is 0 Å². The minimum absolute atomic E-state index is 0.0912. The number of halogens is 4. The number of carbonyl (C=O) groups excluding carboxylic acids is 2. The lowest BCUT2D eigenvalue weighted by Crippen LogP contribution is -2.50. The molecule has 0 aliphatic carbocycles. The lowest BCUT2D eigenvalue weighted by atomic mass is 10.2. The van der Waals surface area contributed by atoms with Gasteiger partial charge in [-0.2, -0.15) is 17.5 Å². The Balaban J connectivity index is 1.46. The average molecular weight is 512 g/mol. The molecule has 0 radical (unpaired) electrons. The van der Waals surface area contributed by atoms with Crippen molar-refractivity contribution in [3.05, 3.63) is 34.3 Å². The number of carbonyl (C=O) groups is 2. The number of nitrogens with one attached hydrogen (secondary N) is 1. The number of amides is 2. The molecule has 2 heterocycles. The zero-order valence-electron chi connectivity index (χ0n) is 16.3. The second kappa shape index (κ2) is 9.68. The molecule has 9 nitrogen and oxygen atoms in total. The Labute approximate surface area is 190 Å². The number of alkyl halides is 3. The Hall–Kier alpha value is -2.29. The van der Waals surface area contributed by atoms with E-state index in [1.807, 2.05) is 0 Å². The first kappa shape index (κ1) is 24.4. The van der Waals surface area contributed by atoms with E-state index >= 15 is 0 Å². The van der Waals surface area contributed by atoms with Crippen LogP contribution in [0.1, 0.15) is 17.8 Å². The first-order valence-electron chi connectivity index (χ1n) is 9.21. The van der Waals surface area contributed by atoms with E-state index in [-0.39, 0.29) is 66.3 Å². The quantitative estimate of drug-likeness (QED) is 0.637. The molecule has 0 saturated carbocycles. The molecule has 0 spiro atoms. The molecule has 1 fully saturated rings. The van der Waals surface area contributed by atoms with Crippen LogP contribution in [0.15, 0.2) is 29.2 Å². The van der Waals surface area contributed by atoms with Gasteiger partial charge in [0.25, 0.3) is 0 Å². The van der Waals surface area contributed by atoms with Gasteiger partial charge in [-0.05, 0) is 24.3 Å². The molecule has 1 aliphatic heterocycles. The van der Waals surface area contributed by atoms with Crippen LogP contribution in [0.5, 0.6) is 0 Å². The lowest BCUT2D eigenvalue weighted by molar-refractivity contribution is -0.138. The van der Waals surface area contributed by atoms with Crippen molar-refractivity contribution >= 4 is 49.9 Å². The van der Waals surface area contributed by atoms with Gasteiger partial charge in [-0.25, -0.2) is 8.42 Å². The number of aromatic nitrogens is 2. The summed E-state index contributed by atoms with van der Waals surface area (Å²) in [5.41, 5.74) is 0. The van der Waals surface area contributed by atoms with Gasteiger partial charge in [0.15, 0.2) is 0 Å². The highest BCUT2D eigenvalue weighted by atomic mass is 35.5. The normalized spacial score (nSPS) is 15.6. The Morgan fingerprint density at radius 2 is 1.69 bits per heavy atom. The summed E-state index contributed by atoms with van der Waals surface area (Å²) in [4.78, 5) is 25.8. The number of rotatable bonds is 6. The van der Waals surface area contributed by atoms with Gasteiger partial charge in [-0.1, -0.05) is 22.9 Å². The second-order valence-electron chi connectivity index (χ2n) is 6.70. The molecule has 174 valence electrons. The second-order valence-corrected chi connectivity index (χ2v) is 10.0.